The second-order valence-electron chi connectivity index (χ2n) is 5.38. The van der Waals surface area contributed by atoms with Crippen LogP contribution in [0.2, 0.25) is 0 Å². The Morgan fingerprint density at radius 1 is 0.840 bits per heavy atom. The number of furan rings is 1. The van der Waals surface area contributed by atoms with Gasteiger partial charge in [0.2, 0.25) is 5.91 Å². The van der Waals surface area contributed by atoms with E-state index in [9.17, 15) is 9.59 Å². The Balaban J connectivity index is 1.69. The third-order valence-corrected chi connectivity index (χ3v) is 3.95. The van der Waals surface area contributed by atoms with Crippen LogP contribution in [0.4, 0.5) is 11.4 Å². The zero-order chi connectivity index (χ0) is 17.8. The molecule has 1 heterocycles. The number of carbonyl (C=O) groups is 2. The number of hydrogen-bond acceptors (Lipinski definition) is 3. The summed E-state index contributed by atoms with van der Waals surface area (Å²) in [6, 6.07) is 17.9. The molecule has 0 atom stereocenters. The van der Waals surface area contributed by atoms with Gasteiger partial charge in [0, 0.05) is 28.3 Å². The minimum atomic E-state index is -0.337. The summed E-state index contributed by atoms with van der Waals surface area (Å²) < 4.78 is 6.61. The maximum absolute atomic E-state index is 12.3. The van der Waals surface area contributed by atoms with E-state index >= 15 is 0 Å². The van der Waals surface area contributed by atoms with Gasteiger partial charge < -0.3 is 15.1 Å². The van der Waals surface area contributed by atoms with Crippen LogP contribution < -0.4 is 10.6 Å². The van der Waals surface area contributed by atoms with Crippen LogP contribution in [0.5, 0.6) is 0 Å². The van der Waals surface area contributed by atoms with Crippen molar-refractivity contribution < 1.29 is 14.0 Å². The van der Waals surface area contributed by atoms with E-state index in [1.807, 2.05) is 24.3 Å². The van der Waals surface area contributed by atoms with Crippen LogP contribution in [0, 0.1) is 0 Å². The summed E-state index contributed by atoms with van der Waals surface area (Å²) in [7, 11) is 0. The van der Waals surface area contributed by atoms with E-state index < -0.39 is 0 Å². The molecule has 6 heteroatoms. The normalized spacial score (nSPS) is 10.3. The lowest BCUT2D eigenvalue weighted by atomic mass is 10.2. The van der Waals surface area contributed by atoms with Gasteiger partial charge in [0.15, 0.2) is 5.76 Å². The van der Waals surface area contributed by atoms with E-state index in [1.54, 1.807) is 36.4 Å². The lowest BCUT2D eigenvalue weighted by Crippen LogP contribution is -2.11. The van der Waals surface area contributed by atoms with Gasteiger partial charge in [-0.05, 0) is 48.5 Å². The maximum Gasteiger partial charge on any atom is 0.291 e. The molecule has 126 valence electrons. The molecule has 2 aromatic carbocycles. The molecule has 2 amide bonds. The number of halogens is 1. The van der Waals surface area contributed by atoms with Crippen molar-refractivity contribution >= 4 is 39.1 Å². The topological polar surface area (TPSA) is 71.3 Å². The highest BCUT2D eigenvalue weighted by Gasteiger charge is 2.12. The summed E-state index contributed by atoms with van der Waals surface area (Å²) in [5.41, 5.74) is 2.17. The van der Waals surface area contributed by atoms with Gasteiger partial charge in [0.05, 0.1) is 0 Å². The van der Waals surface area contributed by atoms with E-state index in [2.05, 4.69) is 26.6 Å². The van der Waals surface area contributed by atoms with E-state index in [1.165, 1.54) is 6.92 Å². The van der Waals surface area contributed by atoms with Crippen LogP contribution in [0.3, 0.4) is 0 Å². The van der Waals surface area contributed by atoms with E-state index in [0.717, 1.165) is 10.0 Å². The van der Waals surface area contributed by atoms with Gasteiger partial charge in [-0.15, -0.1) is 0 Å². The van der Waals surface area contributed by atoms with Crippen molar-refractivity contribution in [2.45, 2.75) is 6.92 Å². The van der Waals surface area contributed by atoms with Crippen LogP contribution in [0.1, 0.15) is 17.5 Å². The molecule has 3 rings (SSSR count). The molecule has 2 N–H and O–H groups in total. The number of rotatable bonds is 4. The molecule has 3 aromatic rings. The molecule has 0 bridgehead atoms. The summed E-state index contributed by atoms with van der Waals surface area (Å²) >= 11 is 3.38. The largest absolute Gasteiger partial charge is 0.451 e. The molecule has 25 heavy (non-hydrogen) atoms. The average molecular weight is 399 g/mol. The van der Waals surface area contributed by atoms with Gasteiger partial charge in [-0.25, -0.2) is 0 Å². The molecule has 1 aromatic heterocycles. The average Bonchev–Trinajstić information content (AvgIpc) is 3.07. The van der Waals surface area contributed by atoms with Crippen molar-refractivity contribution in [3.8, 4) is 11.3 Å². The lowest BCUT2D eigenvalue weighted by molar-refractivity contribution is -0.114. The van der Waals surface area contributed by atoms with Gasteiger partial charge in [0.25, 0.3) is 5.91 Å². The first-order chi connectivity index (χ1) is 12.0. The lowest BCUT2D eigenvalue weighted by Gasteiger charge is -2.05. The Morgan fingerprint density at radius 3 is 2.04 bits per heavy atom. The monoisotopic (exact) mass is 398 g/mol. The minimum absolute atomic E-state index is 0.146. The van der Waals surface area contributed by atoms with Gasteiger partial charge >= 0.3 is 0 Å². The van der Waals surface area contributed by atoms with E-state index in [4.69, 9.17) is 4.42 Å². The number of benzene rings is 2. The van der Waals surface area contributed by atoms with Gasteiger partial charge in [-0.2, -0.15) is 0 Å². The first kappa shape index (κ1) is 17.0. The van der Waals surface area contributed by atoms with Gasteiger partial charge in [-0.1, -0.05) is 28.1 Å². The van der Waals surface area contributed by atoms with Crippen LogP contribution in [0.25, 0.3) is 11.3 Å². The molecule has 0 saturated carbocycles. The summed E-state index contributed by atoms with van der Waals surface area (Å²) in [5.74, 6) is 0.367. The number of nitrogens with one attached hydrogen (secondary N) is 2. The molecule has 0 aliphatic carbocycles. The maximum atomic E-state index is 12.3. The standard InChI is InChI=1S/C19H15BrN2O3/c1-12(23)21-15-6-8-16(9-7-15)22-19(24)18-11-10-17(25-18)13-2-4-14(20)5-3-13/h2-11H,1H3,(H,21,23)(H,22,24). The fourth-order valence-electron chi connectivity index (χ4n) is 2.26. The summed E-state index contributed by atoms with van der Waals surface area (Å²) in [6.07, 6.45) is 0. The predicted molar refractivity (Wildman–Crippen MR) is 101 cm³/mol. The third kappa shape index (κ3) is 4.36. The summed E-state index contributed by atoms with van der Waals surface area (Å²) in [6.45, 7) is 1.44. The quantitative estimate of drug-likeness (QED) is 0.654. The Hall–Kier alpha value is -2.86. The fraction of sp³-hybridized carbons (Fsp3) is 0.0526. The van der Waals surface area contributed by atoms with Crippen LogP contribution in [0.15, 0.2) is 69.6 Å². The highest BCUT2D eigenvalue weighted by molar-refractivity contribution is 9.10. The first-order valence-corrected chi connectivity index (χ1v) is 8.35. The van der Waals surface area contributed by atoms with Crippen LogP contribution in [-0.2, 0) is 4.79 Å². The molecular weight excluding hydrogens is 384 g/mol. The third-order valence-electron chi connectivity index (χ3n) is 3.42. The van der Waals surface area contributed by atoms with Crippen molar-refractivity contribution in [1.29, 1.82) is 0 Å². The highest BCUT2D eigenvalue weighted by Crippen LogP contribution is 2.24. The van der Waals surface area contributed by atoms with Crippen molar-refractivity contribution in [2.24, 2.45) is 0 Å². The zero-order valence-electron chi connectivity index (χ0n) is 13.4. The smallest absolute Gasteiger partial charge is 0.291 e. The fourth-order valence-corrected chi connectivity index (χ4v) is 2.53. The van der Waals surface area contributed by atoms with Crippen molar-refractivity contribution in [3.63, 3.8) is 0 Å². The Kier molecular flexibility index (Phi) is 5.00. The Labute approximate surface area is 153 Å². The second-order valence-corrected chi connectivity index (χ2v) is 6.30. The molecule has 0 spiro atoms. The minimum Gasteiger partial charge on any atom is -0.451 e. The Bertz CT molecular complexity index is 899. The Morgan fingerprint density at radius 2 is 1.44 bits per heavy atom. The number of hydrogen-bond donors (Lipinski definition) is 2. The summed E-state index contributed by atoms with van der Waals surface area (Å²) in [5, 5.41) is 5.43. The first-order valence-electron chi connectivity index (χ1n) is 7.56. The second kappa shape index (κ2) is 7.36. The SMILES string of the molecule is CC(=O)Nc1ccc(NC(=O)c2ccc(-c3ccc(Br)cc3)o2)cc1. The molecule has 0 aliphatic heterocycles. The number of anilines is 2. The number of carbonyl (C=O) groups excluding carboxylic acids is 2. The van der Waals surface area contributed by atoms with Crippen molar-refractivity contribution in [1.82, 2.24) is 0 Å². The molecule has 5 nitrogen and oxygen atoms in total. The van der Waals surface area contributed by atoms with E-state index in [0.29, 0.717) is 17.1 Å². The van der Waals surface area contributed by atoms with E-state index in [-0.39, 0.29) is 17.6 Å². The number of amides is 2. The predicted octanol–water partition coefficient (Wildman–Crippen LogP) is 4.92. The van der Waals surface area contributed by atoms with Gasteiger partial charge in [-0.3, -0.25) is 9.59 Å². The highest BCUT2D eigenvalue weighted by atomic mass is 79.9. The summed E-state index contributed by atoms with van der Waals surface area (Å²) in [4.78, 5) is 23.3. The van der Waals surface area contributed by atoms with Crippen LogP contribution in [-0.4, -0.2) is 11.8 Å². The van der Waals surface area contributed by atoms with Crippen LogP contribution >= 0.6 is 15.9 Å². The van der Waals surface area contributed by atoms with Gasteiger partial charge in [0.1, 0.15) is 5.76 Å². The molecule has 0 radical (unpaired) electrons. The molecule has 0 saturated heterocycles. The molecule has 0 aliphatic rings. The zero-order valence-corrected chi connectivity index (χ0v) is 15.0. The molecule has 0 fully saturated rings. The molecule has 0 unspecified atom stereocenters. The van der Waals surface area contributed by atoms with Crippen molar-refractivity contribution in [3.05, 3.63) is 70.9 Å². The molecular formula is C19H15BrN2O3. The van der Waals surface area contributed by atoms with Crippen molar-refractivity contribution in [2.75, 3.05) is 10.6 Å².